The Morgan fingerprint density at radius 2 is 2.00 bits per heavy atom. The van der Waals surface area contributed by atoms with Crippen molar-refractivity contribution in [3.8, 4) is 0 Å². The number of aromatic nitrogens is 2. The molecule has 1 aromatic heterocycles. The lowest BCUT2D eigenvalue weighted by molar-refractivity contribution is -0.125. The zero-order chi connectivity index (χ0) is 14.1. The summed E-state index contributed by atoms with van der Waals surface area (Å²) >= 11 is 0. The molecule has 1 saturated heterocycles. The zero-order valence-electron chi connectivity index (χ0n) is 12.6. The molecule has 4 heteroatoms. The molecular weight excluding hydrogens is 250 g/mol. The third-order valence-corrected chi connectivity index (χ3v) is 5.14. The van der Waals surface area contributed by atoms with Gasteiger partial charge in [0, 0.05) is 31.2 Å². The van der Waals surface area contributed by atoms with Crippen molar-refractivity contribution in [2.24, 2.45) is 5.92 Å². The van der Waals surface area contributed by atoms with E-state index in [-0.39, 0.29) is 0 Å². The molecule has 0 aromatic carbocycles. The molecule has 20 heavy (non-hydrogen) atoms. The maximum atomic E-state index is 11.3. The summed E-state index contributed by atoms with van der Waals surface area (Å²) in [7, 11) is 0. The Balaban J connectivity index is 1.49. The van der Waals surface area contributed by atoms with Crippen LogP contribution < -0.4 is 0 Å². The fraction of sp³-hybridized carbons (Fsp3) is 0.750. The van der Waals surface area contributed by atoms with E-state index in [2.05, 4.69) is 27.8 Å². The van der Waals surface area contributed by atoms with Gasteiger partial charge in [-0.25, -0.2) is 0 Å². The Hall–Kier alpha value is -1.16. The monoisotopic (exact) mass is 275 g/mol. The van der Waals surface area contributed by atoms with E-state index >= 15 is 0 Å². The number of Topliss-reactive ketones (excluding diaryl/α,β-unsaturated/α-hetero) is 1. The van der Waals surface area contributed by atoms with Crippen molar-refractivity contribution >= 4 is 5.78 Å². The number of hydrogen-bond acceptors (Lipinski definition) is 3. The van der Waals surface area contributed by atoms with Crippen molar-refractivity contribution < 1.29 is 4.79 Å². The highest BCUT2D eigenvalue weighted by Crippen LogP contribution is 2.35. The minimum Gasteiger partial charge on any atom is -0.300 e. The summed E-state index contributed by atoms with van der Waals surface area (Å²) < 4.78 is 2.16. The third-order valence-electron chi connectivity index (χ3n) is 5.14. The van der Waals surface area contributed by atoms with Crippen LogP contribution in [-0.2, 0) is 11.2 Å². The SMILES string of the molecule is CCc1cnn(C2CCN(C3CC(C(C)=O)C3)CC2)c1. The Kier molecular flexibility index (Phi) is 3.92. The van der Waals surface area contributed by atoms with Gasteiger partial charge in [0.05, 0.1) is 12.2 Å². The van der Waals surface area contributed by atoms with E-state index in [0.717, 1.165) is 32.4 Å². The number of carbonyl (C=O) groups excluding carboxylic acids is 1. The molecule has 2 heterocycles. The number of hydrogen-bond donors (Lipinski definition) is 0. The van der Waals surface area contributed by atoms with E-state index in [1.54, 1.807) is 6.92 Å². The van der Waals surface area contributed by atoms with Crippen LogP contribution in [0.3, 0.4) is 0 Å². The summed E-state index contributed by atoms with van der Waals surface area (Å²) in [5.74, 6) is 0.718. The van der Waals surface area contributed by atoms with Crippen LogP contribution in [0, 0.1) is 5.92 Å². The summed E-state index contributed by atoms with van der Waals surface area (Å²) in [6.45, 7) is 6.21. The summed E-state index contributed by atoms with van der Waals surface area (Å²) in [5, 5.41) is 4.50. The van der Waals surface area contributed by atoms with Gasteiger partial charge in [0.15, 0.2) is 0 Å². The molecule has 0 spiro atoms. The molecule has 110 valence electrons. The highest BCUT2D eigenvalue weighted by atomic mass is 16.1. The second-order valence-electron chi connectivity index (χ2n) is 6.38. The van der Waals surface area contributed by atoms with Crippen LogP contribution in [0.1, 0.15) is 51.1 Å². The van der Waals surface area contributed by atoms with Crippen molar-refractivity contribution in [3.63, 3.8) is 0 Å². The molecule has 0 radical (unpaired) electrons. The molecule has 0 amide bonds. The predicted molar refractivity (Wildman–Crippen MR) is 78.6 cm³/mol. The molecule has 0 unspecified atom stereocenters. The largest absolute Gasteiger partial charge is 0.300 e. The molecular formula is C16H25N3O. The first-order valence-corrected chi connectivity index (χ1v) is 7.95. The first-order chi connectivity index (χ1) is 9.67. The minimum absolute atomic E-state index is 0.343. The van der Waals surface area contributed by atoms with E-state index in [0.29, 0.717) is 23.8 Å². The highest BCUT2D eigenvalue weighted by Gasteiger charge is 2.37. The van der Waals surface area contributed by atoms with Crippen molar-refractivity contribution in [1.82, 2.24) is 14.7 Å². The highest BCUT2D eigenvalue weighted by molar-refractivity contribution is 5.79. The van der Waals surface area contributed by atoms with Crippen molar-refractivity contribution in [2.75, 3.05) is 13.1 Å². The maximum Gasteiger partial charge on any atom is 0.133 e. The van der Waals surface area contributed by atoms with Crippen LogP contribution in [0.5, 0.6) is 0 Å². The van der Waals surface area contributed by atoms with Crippen LogP contribution in [-0.4, -0.2) is 39.6 Å². The average molecular weight is 275 g/mol. The summed E-state index contributed by atoms with van der Waals surface area (Å²) in [6, 6.07) is 1.23. The zero-order valence-corrected chi connectivity index (χ0v) is 12.6. The summed E-state index contributed by atoms with van der Waals surface area (Å²) in [4.78, 5) is 13.9. The van der Waals surface area contributed by atoms with Gasteiger partial charge in [-0.3, -0.25) is 9.48 Å². The van der Waals surface area contributed by atoms with E-state index in [1.165, 1.54) is 18.4 Å². The normalized spacial score (nSPS) is 28.3. The van der Waals surface area contributed by atoms with Gasteiger partial charge in [0.1, 0.15) is 5.78 Å². The molecule has 0 N–H and O–H groups in total. The minimum atomic E-state index is 0.343. The lowest BCUT2D eigenvalue weighted by Gasteiger charge is -2.45. The van der Waals surface area contributed by atoms with E-state index in [4.69, 9.17) is 0 Å². The number of nitrogens with zero attached hydrogens (tertiary/aromatic N) is 3. The fourth-order valence-corrected chi connectivity index (χ4v) is 3.49. The first kappa shape index (κ1) is 13.8. The van der Waals surface area contributed by atoms with Crippen LogP contribution in [0.2, 0.25) is 0 Å². The molecule has 0 bridgehead atoms. The molecule has 2 aliphatic rings. The quantitative estimate of drug-likeness (QED) is 0.847. The second kappa shape index (κ2) is 5.68. The number of aryl methyl sites for hydroxylation is 1. The van der Waals surface area contributed by atoms with Crippen molar-refractivity contribution in [2.45, 2.75) is 58.0 Å². The lowest BCUT2D eigenvalue weighted by atomic mass is 9.76. The smallest absolute Gasteiger partial charge is 0.133 e. The topological polar surface area (TPSA) is 38.1 Å². The summed E-state index contributed by atoms with van der Waals surface area (Å²) in [5.41, 5.74) is 1.33. The van der Waals surface area contributed by atoms with Crippen LogP contribution in [0.4, 0.5) is 0 Å². The molecule has 4 nitrogen and oxygen atoms in total. The van der Waals surface area contributed by atoms with Crippen LogP contribution in [0.25, 0.3) is 0 Å². The van der Waals surface area contributed by atoms with Gasteiger partial charge >= 0.3 is 0 Å². The third kappa shape index (κ3) is 2.66. The molecule has 1 aromatic rings. The van der Waals surface area contributed by atoms with Crippen LogP contribution >= 0.6 is 0 Å². The number of ketones is 1. The molecule has 3 rings (SSSR count). The molecule has 1 saturated carbocycles. The number of piperidine rings is 1. The first-order valence-electron chi connectivity index (χ1n) is 7.95. The van der Waals surface area contributed by atoms with Crippen molar-refractivity contribution in [1.29, 1.82) is 0 Å². The van der Waals surface area contributed by atoms with Gasteiger partial charge < -0.3 is 4.90 Å². The van der Waals surface area contributed by atoms with Gasteiger partial charge in [-0.15, -0.1) is 0 Å². The van der Waals surface area contributed by atoms with Gasteiger partial charge in [0.25, 0.3) is 0 Å². The lowest BCUT2D eigenvalue weighted by Crippen LogP contribution is -2.49. The van der Waals surface area contributed by atoms with E-state index in [1.807, 2.05) is 6.20 Å². The van der Waals surface area contributed by atoms with Crippen molar-refractivity contribution in [3.05, 3.63) is 18.0 Å². The molecule has 1 aliphatic heterocycles. The average Bonchev–Trinajstić information content (AvgIpc) is 2.86. The van der Waals surface area contributed by atoms with E-state index < -0.39 is 0 Å². The second-order valence-corrected chi connectivity index (χ2v) is 6.38. The number of rotatable bonds is 4. The van der Waals surface area contributed by atoms with Gasteiger partial charge in [-0.05, 0) is 44.6 Å². The Bertz CT molecular complexity index is 468. The molecule has 0 atom stereocenters. The predicted octanol–water partition coefficient (Wildman–Crippen LogP) is 2.45. The molecule has 2 fully saturated rings. The molecule has 1 aliphatic carbocycles. The van der Waals surface area contributed by atoms with Gasteiger partial charge in [0.2, 0.25) is 0 Å². The Morgan fingerprint density at radius 3 is 2.55 bits per heavy atom. The number of carbonyl (C=O) groups is 1. The maximum absolute atomic E-state index is 11.3. The number of likely N-dealkylation sites (tertiary alicyclic amines) is 1. The summed E-state index contributed by atoms with van der Waals surface area (Å²) in [6.07, 6.45) is 9.81. The van der Waals surface area contributed by atoms with Crippen LogP contribution in [0.15, 0.2) is 12.4 Å². The van der Waals surface area contributed by atoms with Gasteiger partial charge in [-0.2, -0.15) is 5.10 Å². The Morgan fingerprint density at radius 1 is 1.30 bits per heavy atom. The van der Waals surface area contributed by atoms with Gasteiger partial charge in [-0.1, -0.05) is 6.92 Å². The Labute approximate surface area is 121 Å². The standard InChI is InChI=1S/C16H25N3O/c1-3-13-10-17-19(11-13)15-4-6-18(7-5-15)16-8-14(9-16)12(2)20/h10-11,14-16H,3-9H2,1-2H3. The fourth-order valence-electron chi connectivity index (χ4n) is 3.49. The van der Waals surface area contributed by atoms with E-state index in [9.17, 15) is 4.79 Å².